The fourth-order valence-corrected chi connectivity index (χ4v) is 5.23. The van der Waals surface area contributed by atoms with E-state index in [-0.39, 0.29) is 17.1 Å². The van der Waals surface area contributed by atoms with Crippen LogP contribution in [0.2, 0.25) is 0 Å². The number of carbonyl (C=O) groups excluding carboxylic acids is 2. The van der Waals surface area contributed by atoms with Crippen LogP contribution in [-0.2, 0) is 26.2 Å². The Morgan fingerprint density at radius 1 is 1.03 bits per heavy atom. The Balaban J connectivity index is 2.04. The van der Waals surface area contributed by atoms with Crippen molar-refractivity contribution in [2.45, 2.75) is 38.3 Å². The van der Waals surface area contributed by atoms with Crippen molar-refractivity contribution in [2.24, 2.45) is 0 Å². The number of ether oxygens (including phenoxy) is 1. The van der Waals surface area contributed by atoms with Gasteiger partial charge in [0, 0.05) is 19.2 Å². The lowest BCUT2D eigenvalue weighted by Crippen LogP contribution is -2.51. The molecular formula is C28H32FN3O5S. The Hall–Kier alpha value is -3.92. The van der Waals surface area contributed by atoms with Gasteiger partial charge in [-0.05, 0) is 62.7 Å². The standard InChI is InChI=1S/C28H32FN3O5S/c1-5-30-28(34)21(3)31(18-22-11-13-23(29)14-12-22)27(33)19-32(24-7-6-8-25(17-24)37-4)38(35,36)26-15-9-20(2)10-16-26/h6-17,21H,5,18-19H2,1-4H3,(H,30,34)/t21-/m1/s1. The first-order valence-electron chi connectivity index (χ1n) is 12.1. The van der Waals surface area contributed by atoms with Crippen LogP contribution in [0.25, 0.3) is 0 Å². The van der Waals surface area contributed by atoms with Crippen molar-refractivity contribution in [1.82, 2.24) is 10.2 Å². The molecule has 1 atom stereocenters. The Bertz CT molecular complexity index is 1360. The van der Waals surface area contributed by atoms with Crippen LogP contribution < -0.4 is 14.4 Å². The highest BCUT2D eigenvalue weighted by molar-refractivity contribution is 7.92. The first kappa shape index (κ1) is 28.6. The smallest absolute Gasteiger partial charge is 0.264 e. The molecule has 0 saturated carbocycles. The number of rotatable bonds is 11. The number of amides is 2. The SMILES string of the molecule is CCNC(=O)[C@@H](C)N(Cc1ccc(F)cc1)C(=O)CN(c1cccc(OC)c1)S(=O)(=O)c1ccc(C)cc1. The van der Waals surface area contributed by atoms with Gasteiger partial charge in [-0.1, -0.05) is 35.9 Å². The number of methoxy groups -OCH3 is 1. The highest BCUT2D eigenvalue weighted by atomic mass is 32.2. The zero-order valence-corrected chi connectivity index (χ0v) is 22.7. The molecular weight excluding hydrogens is 509 g/mol. The van der Waals surface area contributed by atoms with Gasteiger partial charge in [0.05, 0.1) is 17.7 Å². The van der Waals surface area contributed by atoms with E-state index in [1.807, 2.05) is 6.92 Å². The molecule has 202 valence electrons. The van der Waals surface area contributed by atoms with Crippen LogP contribution in [0.1, 0.15) is 25.0 Å². The van der Waals surface area contributed by atoms with Gasteiger partial charge in [-0.25, -0.2) is 12.8 Å². The third-order valence-corrected chi connectivity index (χ3v) is 7.80. The lowest BCUT2D eigenvalue weighted by atomic mass is 10.1. The lowest BCUT2D eigenvalue weighted by molar-refractivity contribution is -0.139. The van der Waals surface area contributed by atoms with Gasteiger partial charge in [-0.15, -0.1) is 0 Å². The van der Waals surface area contributed by atoms with Crippen molar-refractivity contribution in [3.05, 3.63) is 89.7 Å². The Morgan fingerprint density at radius 2 is 1.68 bits per heavy atom. The van der Waals surface area contributed by atoms with Crippen LogP contribution in [0, 0.1) is 12.7 Å². The fourth-order valence-electron chi connectivity index (χ4n) is 3.82. The molecule has 0 aromatic heterocycles. The third kappa shape index (κ3) is 6.89. The molecule has 3 rings (SSSR count). The number of halogens is 1. The molecule has 2 amide bonds. The van der Waals surface area contributed by atoms with E-state index >= 15 is 0 Å². The van der Waals surface area contributed by atoms with Crippen LogP contribution in [0.4, 0.5) is 10.1 Å². The summed E-state index contributed by atoms with van der Waals surface area (Å²) in [5.41, 5.74) is 1.70. The van der Waals surface area contributed by atoms with E-state index in [1.54, 1.807) is 44.2 Å². The van der Waals surface area contributed by atoms with Crippen LogP contribution >= 0.6 is 0 Å². The Kier molecular flexibility index (Phi) is 9.46. The van der Waals surface area contributed by atoms with E-state index in [4.69, 9.17) is 4.74 Å². The number of hydrogen-bond donors (Lipinski definition) is 1. The molecule has 0 unspecified atom stereocenters. The molecule has 0 bridgehead atoms. The van der Waals surface area contributed by atoms with E-state index in [2.05, 4.69) is 5.32 Å². The maximum atomic E-state index is 13.8. The van der Waals surface area contributed by atoms with E-state index in [0.717, 1.165) is 9.87 Å². The number of benzene rings is 3. The predicted molar refractivity (Wildman–Crippen MR) is 144 cm³/mol. The summed E-state index contributed by atoms with van der Waals surface area (Å²) in [6.07, 6.45) is 0. The van der Waals surface area contributed by atoms with Gasteiger partial charge in [0.15, 0.2) is 0 Å². The van der Waals surface area contributed by atoms with Gasteiger partial charge in [-0.3, -0.25) is 13.9 Å². The summed E-state index contributed by atoms with van der Waals surface area (Å²) in [7, 11) is -2.72. The number of nitrogens with zero attached hydrogens (tertiary/aromatic N) is 2. The Morgan fingerprint density at radius 3 is 2.29 bits per heavy atom. The number of likely N-dealkylation sites (N-methyl/N-ethyl adjacent to an activating group) is 1. The Labute approximate surface area is 223 Å². The summed E-state index contributed by atoms with van der Waals surface area (Å²) in [6.45, 7) is 4.93. The zero-order valence-electron chi connectivity index (χ0n) is 21.8. The quantitative estimate of drug-likeness (QED) is 0.397. The fraction of sp³-hybridized carbons (Fsp3) is 0.286. The average Bonchev–Trinajstić information content (AvgIpc) is 2.91. The summed E-state index contributed by atoms with van der Waals surface area (Å²) < 4.78 is 47.4. The molecule has 0 radical (unpaired) electrons. The third-order valence-electron chi connectivity index (χ3n) is 6.01. The minimum Gasteiger partial charge on any atom is -0.497 e. The van der Waals surface area contributed by atoms with Crippen LogP contribution in [0.3, 0.4) is 0 Å². The molecule has 0 saturated heterocycles. The van der Waals surface area contributed by atoms with Gasteiger partial charge < -0.3 is 15.0 Å². The molecule has 10 heteroatoms. The normalized spacial score (nSPS) is 11.9. The van der Waals surface area contributed by atoms with Crippen molar-refractivity contribution in [1.29, 1.82) is 0 Å². The van der Waals surface area contributed by atoms with E-state index in [1.165, 1.54) is 54.5 Å². The summed E-state index contributed by atoms with van der Waals surface area (Å²) in [4.78, 5) is 27.8. The van der Waals surface area contributed by atoms with Gasteiger partial charge >= 0.3 is 0 Å². The molecule has 0 aliphatic carbocycles. The number of nitrogens with one attached hydrogen (secondary N) is 1. The van der Waals surface area contributed by atoms with E-state index in [9.17, 15) is 22.4 Å². The summed E-state index contributed by atoms with van der Waals surface area (Å²) in [5.74, 6) is -1.02. The number of aryl methyl sites for hydroxylation is 1. The highest BCUT2D eigenvalue weighted by Crippen LogP contribution is 2.28. The largest absolute Gasteiger partial charge is 0.497 e. The van der Waals surface area contributed by atoms with Gasteiger partial charge in [0.25, 0.3) is 10.0 Å². The number of sulfonamides is 1. The van der Waals surface area contributed by atoms with E-state index in [0.29, 0.717) is 17.9 Å². The van der Waals surface area contributed by atoms with Crippen molar-refractivity contribution >= 4 is 27.5 Å². The van der Waals surface area contributed by atoms with Gasteiger partial charge in [0.1, 0.15) is 24.2 Å². The molecule has 0 aliphatic heterocycles. The van der Waals surface area contributed by atoms with Crippen molar-refractivity contribution in [3.8, 4) is 5.75 Å². The van der Waals surface area contributed by atoms with Gasteiger partial charge in [0.2, 0.25) is 11.8 Å². The molecule has 0 spiro atoms. The minimum absolute atomic E-state index is 0.0144. The second kappa shape index (κ2) is 12.6. The highest BCUT2D eigenvalue weighted by Gasteiger charge is 2.32. The number of carbonyl (C=O) groups is 2. The van der Waals surface area contributed by atoms with Crippen LogP contribution in [-0.4, -0.2) is 51.4 Å². The maximum Gasteiger partial charge on any atom is 0.264 e. The summed E-state index contributed by atoms with van der Waals surface area (Å²) in [6, 6.07) is 17.4. The number of hydrogen-bond acceptors (Lipinski definition) is 5. The van der Waals surface area contributed by atoms with Gasteiger partial charge in [-0.2, -0.15) is 0 Å². The lowest BCUT2D eigenvalue weighted by Gasteiger charge is -2.32. The molecule has 0 heterocycles. The maximum absolute atomic E-state index is 13.8. The van der Waals surface area contributed by atoms with Crippen LogP contribution in [0.15, 0.2) is 77.7 Å². The molecule has 3 aromatic rings. The van der Waals surface area contributed by atoms with Crippen molar-refractivity contribution in [2.75, 3.05) is 24.5 Å². The van der Waals surface area contributed by atoms with Crippen molar-refractivity contribution < 1.29 is 27.1 Å². The summed E-state index contributed by atoms with van der Waals surface area (Å²) >= 11 is 0. The van der Waals surface area contributed by atoms with Crippen molar-refractivity contribution in [3.63, 3.8) is 0 Å². The van der Waals surface area contributed by atoms with Crippen LogP contribution in [0.5, 0.6) is 5.75 Å². The first-order valence-corrected chi connectivity index (χ1v) is 13.6. The molecule has 1 N–H and O–H groups in total. The molecule has 0 fully saturated rings. The predicted octanol–water partition coefficient (Wildman–Crippen LogP) is 3.89. The number of anilines is 1. The monoisotopic (exact) mass is 541 g/mol. The zero-order chi connectivity index (χ0) is 27.9. The second-order valence-electron chi connectivity index (χ2n) is 8.74. The second-order valence-corrected chi connectivity index (χ2v) is 10.6. The molecule has 3 aromatic carbocycles. The first-order chi connectivity index (χ1) is 18.1. The summed E-state index contributed by atoms with van der Waals surface area (Å²) in [5, 5.41) is 2.70. The molecule has 0 aliphatic rings. The topological polar surface area (TPSA) is 96.0 Å². The minimum atomic E-state index is -4.18. The average molecular weight is 542 g/mol. The van der Waals surface area contributed by atoms with E-state index < -0.39 is 40.2 Å². The molecule has 38 heavy (non-hydrogen) atoms. The molecule has 8 nitrogen and oxygen atoms in total.